The summed E-state index contributed by atoms with van der Waals surface area (Å²) in [4.78, 5) is 0. The van der Waals surface area contributed by atoms with Crippen LogP contribution in [0.15, 0.2) is 29.3 Å². The number of nitrogens with one attached hydrogen (secondary N) is 1. The zero-order chi connectivity index (χ0) is 10.6. The zero-order valence-electron chi connectivity index (χ0n) is 7.49. The highest BCUT2D eigenvalue weighted by Crippen LogP contribution is 2.23. The van der Waals surface area contributed by atoms with Crippen LogP contribution < -0.4 is 5.32 Å². The minimum Gasteiger partial charge on any atom is -0.308 e. The predicted molar refractivity (Wildman–Crippen MR) is 66.2 cm³/mol. The summed E-state index contributed by atoms with van der Waals surface area (Å²) in [5.74, 6) is 0. The minimum absolute atomic E-state index is 0.642. The lowest BCUT2D eigenvalue weighted by Crippen LogP contribution is -2.14. The highest BCUT2D eigenvalue weighted by atomic mass is 79.9. The van der Waals surface area contributed by atoms with Crippen molar-refractivity contribution in [3.05, 3.63) is 44.9 Å². The number of halogens is 3. The molecule has 0 unspecified atom stereocenters. The van der Waals surface area contributed by atoms with Gasteiger partial charge in [-0.25, -0.2) is 0 Å². The summed E-state index contributed by atoms with van der Waals surface area (Å²) < 4.78 is 0.903. The van der Waals surface area contributed by atoms with Crippen molar-refractivity contribution in [2.45, 2.75) is 6.54 Å². The van der Waals surface area contributed by atoms with Gasteiger partial charge in [0, 0.05) is 33.2 Å². The SMILES string of the molecule is C=C(Br)CNCc1c(Cl)cccc1Cl. The molecule has 76 valence electrons. The van der Waals surface area contributed by atoms with E-state index >= 15 is 0 Å². The summed E-state index contributed by atoms with van der Waals surface area (Å²) in [7, 11) is 0. The maximum Gasteiger partial charge on any atom is 0.0465 e. The Bertz CT molecular complexity index is 319. The van der Waals surface area contributed by atoms with Gasteiger partial charge in [0.15, 0.2) is 0 Å². The molecule has 0 aliphatic rings. The van der Waals surface area contributed by atoms with E-state index in [0.717, 1.165) is 10.0 Å². The number of hydrogen-bond acceptors (Lipinski definition) is 1. The van der Waals surface area contributed by atoms with Gasteiger partial charge in [-0.05, 0) is 12.1 Å². The predicted octanol–water partition coefficient (Wildman–Crippen LogP) is 3.99. The molecular weight excluding hydrogens is 285 g/mol. The van der Waals surface area contributed by atoms with Crippen molar-refractivity contribution in [3.8, 4) is 0 Å². The second-order valence-electron chi connectivity index (χ2n) is 2.82. The van der Waals surface area contributed by atoms with Crippen molar-refractivity contribution in [3.63, 3.8) is 0 Å². The first-order chi connectivity index (χ1) is 6.61. The first kappa shape index (κ1) is 12.1. The van der Waals surface area contributed by atoms with Gasteiger partial charge in [-0.15, -0.1) is 0 Å². The van der Waals surface area contributed by atoms with E-state index in [4.69, 9.17) is 23.2 Å². The second-order valence-corrected chi connectivity index (χ2v) is 4.76. The number of rotatable bonds is 4. The van der Waals surface area contributed by atoms with Crippen LogP contribution in [0.5, 0.6) is 0 Å². The summed E-state index contributed by atoms with van der Waals surface area (Å²) in [6.45, 7) is 5.06. The molecule has 0 radical (unpaired) electrons. The van der Waals surface area contributed by atoms with Gasteiger partial charge >= 0.3 is 0 Å². The molecule has 0 fully saturated rings. The Kier molecular flexibility index (Phi) is 4.96. The monoisotopic (exact) mass is 293 g/mol. The Morgan fingerprint density at radius 2 is 1.93 bits per heavy atom. The summed E-state index contributed by atoms with van der Waals surface area (Å²) in [6.07, 6.45) is 0. The molecule has 0 amide bonds. The smallest absolute Gasteiger partial charge is 0.0465 e. The van der Waals surface area contributed by atoms with E-state index in [1.807, 2.05) is 18.2 Å². The van der Waals surface area contributed by atoms with Gasteiger partial charge in [-0.2, -0.15) is 0 Å². The van der Waals surface area contributed by atoms with E-state index in [-0.39, 0.29) is 0 Å². The van der Waals surface area contributed by atoms with Crippen molar-refractivity contribution in [2.75, 3.05) is 6.54 Å². The molecule has 1 rings (SSSR count). The molecule has 1 N–H and O–H groups in total. The fourth-order valence-corrected chi connectivity index (χ4v) is 1.75. The Hall–Kier alpha value is -0.0200. The van der Waals surface area contributed by atoms with E-state index in [0.29, 0.717) is 23.1 Å². The Labute approximate surface area is 102 Å². The summed E-state index contributed by atoms with van der Waals surface area (Å²) in [5.41, 5.74) is 0.921. The van der Waals surface area contributed by atoms with Gasteiger partial charge in [0.1, 0.15) is 0 Å². The summed E-state index contributed by atoms with van der Waals surface area (Å²) in [6, 6.07) is 5.48. The average molecular weight is 295 g/mol. The van der Waals surface area contributed by atoms with Crippen LogP contribution >= 0.6 is 39.1 Å². The van der Waals surface area contributed by atoms with Crippen LogP contribution in [0, 0.1) is 0 Å². The molecule has 14 heavy (non-hydrogen) atoms. The van der Waals surface area contributed by atoms with Crippen LogP contribution in [-0.4, -0.2) is 6.54 Å². The van der Waals surface area contributed by atoms with Gasteiger partial charge in [-0.1, -0.05) is 51.8 Å². The zero-order valence-corrected chi connectivity index (χ0v) is 10.6. The summed E-state index contributed by atoms with van der Waals surface area (Å²) in [5, 5.41) is 4.54. The molecule has 0 aliphatic heterocycles. The molecule has 0 spiro atoms. The van der Waals surface area contributed by atoms with Gasteiger partial charge < -0.3 is 5.32 Å². The normalized spacial score (nSPS) is 10.2. The van der Waals surface area contributed by atoms with E-state index in [9.17, 15) is 0 Å². The van der Waals surface area contributed by atoms with Crippen molar-refractivity contribution in [1.82, 2.24) is 5.32 Å². The maximum absolute atomic E-state index is 5.99. The highest BCUT2D eigenvalue weighted by molar-refractivity contribution is 9.11. The van der Waals surface area contributed by atoms with Gasteiger partial charge in [0.2, 0.25) is 0 Å². The second kappa shape index (κ2) is 5.76. The Morgan fingerprint density at radius 1 is 1.36 bits per heavy atom. The lowest BCUT2D eigenvalue weighted by atomic mass is 10.2. The van der Waals surface area contributed by atoms with Crippen LogP contribution in [0.3, 0.4) is 0 Å². The first-order valence-electron chi connectivity index (χ1n) is 4.08. The van der Waals surface area contributed by atoms with E-state index < -0.39 is 0 Å². The third-order valence-corrected chi connectivity index (χ3v) is 2.67. The standard InChI is InChI=1S/C10H10BrCl2N/c1-7(11)5-14-6-8-9(12)3-2-4-10(8)13/h2-4,14H,1,5-6H2. The van der Waals surface area contributed by atoms with Crippen LogP contribution in [-0.2, 0) is 6.54 Å². The van der Waals surface area contributed by atoms with Crippen molar-refractivity contribution in [1.29, 1.82) is 0 Å². The highest BCUT2D eigenvalue weighted by Gasteiger charge is 2.03. The van der Waals surface area contributed by atoms with Crippen LogP contribution in [0.4, 0.5) is 0 Å². The van der Waals surface area contributed by atoms with E-state index in [1.165, 1.54) is 0 Å². The van der Waals surface area contributed by atoms with E-state index in [1.54, 1.807) is 0 Å². The molecule has 0 aromatic heterocycles. The van der Waals surface area contributed by atoms with Gasteiger partial charge in [0.05, 0.1) is 0 Å². The molecule has 0 aliphatic carbocycles. The molecule has 4 heteroatoms. The van der Waals surface area contributed by atoms with Gasteiger partial charge in [-0.3, -0.25) is 0 Å². The van der Waals surface area contributed by atoms with Crippen LogP contribution in [0.1, 0.15) is 5.56 Å². The fourth-order valence-electron chi connectivity index (χ4n) is 1.02. The van der Waals surface area contributed by atoms with Crippen LogP contribution in [0.25, 0.3) is 0 Å². The average Bonchev–Trinajstić information content (AvgIpc) is 2.09. The molecule has 1 nitrogen and oxygen atoms in total. The quantitative estimate of drug-likeness (QED) is 0.885. The minimum atomic E-state index is 0.642. The third kappa shape index (κ3) is 3.62. The lowest BCUT2D eigenvalue weighted by molar-refractivity contribution is 0.757. The first-order valence-corrected chi connectivity index (χ1v) is 5.63. The lowest BCUT2D eigenvalue weighted by Gasteiger charge is -2.07. The van der Waals surface area contributed by atoms with Crippen molar-refractivity contribution < 1.29 is 0 Å². The molecule has 0 bridgehead atoms. The number of benzene rings is 1. The van der Waals surface area contributed by atoms with Crippen molar-refractivity contribution in [2.24, 2.45) is 0 Å². The van der Waals surface area contributed by atoms with Gasteiger partial charge in [0.25, 0.3) is 0 Å². The molecule has 1 aromatic rings. The maximum atomic E-state index is 5.99. The van der Waals surface area contributed by atoms with Crippen molar-refractivity contribution >= 4 is 39.1 Å². The Morgan fingerprint density at radius 3 is 2.43 bits per heavy atom. The van der Waals surface area contributed by atoms with E-state index in [2.05, 4.69) is 27.8 Å². The molecule has 0 saturated carbocycles. The van der Waals surface area contributed by atoms with Crippen LogP contribution in [0.2, 0.25) is 10.0 Å². The third-order valence-electron chi connectivity index (χ3n) is 1.68. The topological polar surface area (TPSA) is 12.0 Å². The molecular formula is C10H10BrCl2N. The molecule has 0 saturated heterocycles. The molecule has 0 heterocycles. The molecule has 1 aromatic carbocycles. The number of hydrogen-bond donors (Lipinski definition) is 1. The molecule has 0 atom stereocenters. The Balaban J connectivity index is 2.62. The summed E-state index contributed by atoms with van der Waals surface area (Å²) >= 11 is 15.2. The fraction of sp³-hybridized carbons (Fsp3) is 0.200. The largest absolute Gasteiger partial charge is 0.308 e.